The molecule has 6 nitrogen and oxygen atoms in total. The van der Waals surface area contributed by atoms with E-state index in [-0.39, 0.29) is 53.3 Å². The van der Waals surface area contributed by atoms with Gasteiger partial charge in [-0.1, -0.05) is 0 Å². The van der Waals surface area contributed by atoms with E-state index in [2.05, 4.69) is 9.97 Å². The maximum Gasteiger partial charge on any atom is 0.433 e. The molecule has 0 spiro atoms. The lowest BCUT2D eigenvalue weighted by atomic mass is 9.99. The van der Waals surface area contributed by atoms with Crippen LogP contribution in [-0.4, -0.2) is 41.1 Å². The second-order valence-electron chi connectivity index (χ2n) is 9.13. The van der Waals surface area contributed by atoms with Gasteiger partial charge in [-0.15, -0.1) is 0 Å². The molecule has 0 bridgehead atoms. The van der Waals surface area contributed by atoms with Crippen molar-refractivity contribution >= 4 is 11.8 Å². The number of pyridine rings is 2. The summed E-state index contributed by atoms with van der Waals surface area (Å²) in [4.78, 5) is 34.2. The summed E-state index contributed by atoms with van der Waals surface area (Å²) in [5.41, 5.74) is -1.77. The summed E-state index contributed by atoms with van der Waals surface area (Å²) in [5, 5.41) is 0. The van der Waals surface area contributed by atoms with Crippen molar-refractivity contribution in [2.24, 2.45) is 0 Å². The van der Waals surface area contributed by atoms with E-state index in [0.717, 1.165) is 0 Å². The van der Waals surface area contributed by atoms with Gasteiger partial charge in [0.1, 0.15) is 17.1 Å². The van der Waals surface area contributed by atoms with Gasteiger partial charge in [-0.05, 0) is 52.7 Å². The number of hydrogen-bond acceptors (Lipinski definition) is 5. The van der Waals surface area contributed by atoms with Crippen LogP contribution in [0, 0.1) is 20.8 Å². The topological polar surface area (TPSA) is 75.3 Å². The Hall–Kier alpha value is -2.98. The number of halogens is 5. The Kier molecular flexibility index (Phi) is 7.29. The number of ether oxygens (including phenoxy) is 1. The molecule has 11 heteroatoms. The molecule has 2 aromatic rings. The molecule has 0 atom stereocenters. The van der Waals surface area contributed by atoms with Crippen molar-refractivity contribution in [1.82, 2.24) is 9.97 Å². The van der Waals surface area contributed by atoms with E-state index in [1.165, 1.54) is 24.8 Å². The molecule has 0 aromatic carbocycles. The molecule has 1 fully saturated rings. The van der Waals surface area contributed by atoms with E-state index in [1.54, 1.807) is 20.8 Å². The first-order valence-corrected chi connectivity index (χ1v) is 11.3. The fourth-order valence-electron chi connectivity index (χ4n) is 4.08. The normalized spacial score (nSPS) is 16.4. The van der Waals surface area contributed by atoms with Crippen molar-refractivity contribution in [3.8, 4) is 11.3 Å². The molecule has 3 rings (SSSR count). The Labute approximate surface area is 199 Å². The van der Waals surface area contributed by atoms with Crippen LogP contribution in [0.5, 0.6) is 0 Å². The van der Waals surface area contributed by atoms with E-state index in [1.807, 2.05) is 0 Å². The number of carbonyl (C=O) groups excluding carboxylic acids is 1. The average Bonchev–Trinajstić information content (AvgIpc) is 2.90. The highest BCUT2D eigenvalue weighted by Crippen LogP contribution is 2.39. The van der Waals surface area contributed by atoms with Gasteiger partial charge < -0.3 is 14.6 Å². The smallest absolute Gasteiger partial charge is 0.433 e. The molecular weight excluding hydrogens is 473 g/mol. The van der Waals surface area contributed by atoms with Gasteiger partial charge in [-0.3, -0.25) is 4.79 Å². The molecule has 1 saturated heterocycles. The zero-order valence-corrected chi connectivity index (χ0v) is 20.2. The number of alkyl halides is 5. The van der Waals surface area contributed by atoms with Crippen LogP contribution in [-0.2, 0) is 10.9 Å². The molecule has 192 valence electrons. The molecule has 0 aliphatic carbocycles. The van der Waals surface area contributed by atoms with Crippen LogP contribution < -0.4 is 10.3 Å². The molecule has 0 unspecified atom stereocenters. The summed E-state index contributed by atoms with van der Waals surface area (Å²) in [6, 6.07) is 1.18. The van der Waals surface area contributed by atoms with Crippen molar-refractivity contribution in [3.05, 3.63) is 44.4 Å². The first-order chi connectivity index (χ1) is 16.1. The number of nitrogens with one attached hydrogen (secondary N) is 1. The van der Waals surface area contributed by atoms with E-state index in [0.29, 0.717) is 5.69 Å². The van der Waals surface area contributed by atoms with Gasteiger partial charge in [0.15, 0.2) is 5.43 Å². The number of esters is 1. The highest BCUT2D eigenvalue weighted by molar-refractivity contribution is 5.98. The van der Waals surface area contributed by atoms with Crippen LogP contribution in [0.25, 0.3) is 11.3 Å². The second-order valence-corrected chi connectivity index (χ2v) is 9.13. The van der Waals surface area contributed by atoms with Crippen LogP contribution in [0.4, 0.5) is 27.8 Å². The zero-order chi connectivity index (χ0) is 26.3. The van der Waals surface area contributed by atoms with Gasteiger partial charge in [0, 0.05) is 42.8 Å². The number of hydrogen-bond donors (Lipinski definition) is 1. The van der Waals surface area contributed by atoms with Gasteiger partial charge in [0.25, 0.3) is 0 Å². The Balaban J connectivity index is 2.33. The summed E-state index contributed by atoms with van der Waals surface area (Å²) >= 11 is 0. The van der Waals surface area contributed by atoms with Crippen LogP contribution in [0.15, 0.2) is 10.9 Å². The van der Waals surface area contributed by atoms with Crippen LogP contribution in [0.1, 0.15) is 66.0 Å². The lowest BCUT2D eigenvalue weighted by Crippen LogP contribution is -2.29. The third-order valence-electron chi connectivity index (χ3n) is 5.99. The van der Waals surface area contributed by atoms with Crippen molar-refractivity contribution in [2.75, 3.05) is 18.0 Å². The molecule has 1 aliphatic rings. The molecular formula is C24H28F5N3O3. The fourth-order valence-corrected chi connectivity index (χ4v) is 4.08. The third kappa shape index (κ3) is 5.65. The second kappa shape index (κ2) is 9.58. The van der Waals surface area contributed by atoms with Gasteiger partial charge in [-0.25, -0.2) is 18.6 Å². The third-order valence-corrected chi connectivity index (χ3v) is 5.99. The summed E-state index contributed by atoms with van der Waals surface area (Å²) < 4.78 is 74.5. The molecule has 35 heavy (non-hydrogen) atoms. The van der Waals surface area contributed by atoms with Crippen molar-refractivity contribution in [2.45, 2.75) is 72.1 Å². The minimum atomic E-state index is -4.79. The number of anilines is 1. The Morgan fingerprint density at radius 2 is 1.83 bits per heavy atom. The number of aromatic amines is 1. The quantitative estimate of drug-likeness (QED) is 0.438. The molecule has 0 amide bonds. The van der Waals surface area contributed by atoms with Crippen molar-refractivity contribution < 1.29 is 31.5 Å². The highest BCUT2D eigenvalue weighted by atomic mass is 19.4. The Bertz CT molecular complexity index is 1190. The summed E-state index contributed by atoms with van der Waals surface area (Å²) in [6.07, 6.45) is -6.27. The molecule has 2 aromatic heterocycles. The number of H-pyrrole nitrogens is 1. The van der Waals surface area contributed by atoms with E-state index < -0.39 is 48.1 Å². The summed E-state index contributed by atoms with van der Waals surface area (Å²) in [5.74, 6) is -4.11. The van der Waals surface area contributed by atoms with Crippen molar-refractivity contribution in [3.63, 3.8) is 0 Å². The predicted molar refractivity (Wildman–Crippen MR) is 121 cm³/mol. The fraction of sp³-hybridized carbons (Fsp3) is 0.542. The lowest BCUT2D eigenvalue weighted by molar-refractivity contribution is -0.141. The highest BCUT2D eigenvalue weighted by Gasteiger charge is 2.38. The first kappa shape index (κ1) is 26.6. The van der Waals surface area contributed by atoms with Gasteiger partial charge in [-0.2, -0.15) is 13.2 Å². The molecule has 1 N–H and O–H groups in total. The average molecular weight is 501 g/mol. The SMILES string of the molecule is Cc1cc(-c2[nH]c(C)c(C)c(=O)c2C(=O)OC(C)C)c(N2CCCC(F)(F)CC2)nc1C(F)(F)F. The van der Waals surface area contributed by atoms with Gasteiger partial charge in [0.2, 0.25) is 5.92 Å². The van der Waals surface area contributed by atoms with E-state index >= 15 is 0 Å². The van der Waals surface area contributed by atoms with Gasteiger partial charge in [0.05, 0.1) is 11.8 Å². The molecule has 3 heterocycles. The number of rotatable bonds is 4. The molecule has 0 radical (unpaired) electrons. The maximum atomic E-state index is 14.0. The number of aryl methyl sites for hydroxylation is 2. The maximum absolute atomic E-state index is 14.0. The minimum absolute atomic E-state index is 0.0367. The van der Waals surface area contributed by atoms with Crippen LogP contribution in [0.3, 0.4) is 0 Å². The van der Waals surface area contributed by atoms with Crippen LogP contribution in [0.2, 0.25) is 0 Å². The number of aromatic nitrogens is 2. The number of nitrogens with zero attached hydrogens (tertiary/aromatic N) is 2. The Morgan fingerprint density at radius 1 is 1.17 bits per heavy atom. The molecule has 0 saturated carbocycles. The van der Waals surface area contributed by atoms with E-state index in [9.17, 15) is 31.5 Å². The summed E-state index contributed by atoms with van der Waals surface area (Å²) in [6.45, 7) is 7.31. The predicted octanol–water partition coefficient (Wildman–Crippen LogP) is 5.57. The molecule has 1 aliphatic heterocycles. The standard InChI is InChI=1S/C24H28F5N3O3/c1-12(2)35-22(34)17-18(30-15(5)14(4)19(17)33)16-11-13(3)20(24(27,28)29)31-21(16)32-9-6-7-23(25,26)8-10-32/h11-12H,6-10H2,1-5H3,(H,30,33). The van der Waals surface area contributed by atoms with Gasteiger partial charge >= 0.3 is 12.1 Å². The lowest BCUT2D eigenvalue weighted by Gasteiger charge is -2.27. The van der Waals surface area contributed by atoms with E-state index in [4.69, 9.17) is 4.74 Å². The van der Waals surface area contributed by atoms with Crippen molar-refractivity contribution in [1.29, 1.82) is 0 Å². The minimum Gasteiger partial charge on any atom is -0.459 e. The number of carbonyl (C=O) groups is 1. The summed E-state index contributed by atoms with van der Waals surface area (Å²) in [7, 11) is 0. The van der Waals surface area contributed by atoms with Crippen LogP contribution >= 0.6 is 0 Å². The largest absolute Gasteiger partial charge is 0.459 e. The monoisotopic (exact) mass is 501 g/mol. The first-order valence-electron chi connectivity index (χ1n) is 11.3. The Morgan fingerprint density at radius 3 is 2.43 bits per heavy atom. The zero-order valence-electron chi connectivity index (χ0n) is 20.2.